The minimum Gasteiger partial charge on any atom is -0.465 e. The number of urea groups is 1. The molecule has 1 spiro atoms. The summed E-state index contributed by atoms with van der Waals surface area (Å²) in [6.07, 6.45) is 5.42. The molecule has 0 aliphatic carbocycles. The van der Waals surface area contributed by atoms with Crippen LogP contribution in [0.4, 0.5) is 4.79 Å². The molecule has 2 fully saturated rings. The van der Waals surface area contributed by atoms with Gasteiger partial charge in [0.2, 0.25) is 5.91 Å². The zero-order chi connectivity index (χ0) is 26.8. The number of aliphatic imine (C=N–C) groups is 1. The molecule has 2 saturated heterocycles. The first kappa shape index (κ1) is 27.6. The number of ether oxygens (including phenoxy) is 2. The van der Waals surface area contributed by atoms with Gasteiger partial charge in [0, 0.05) is 63.6 Å². The predicted molar refractivity (Wildman–Crippen MR) is 141 cm³/mol. The van der Waals surface area contributed by atoms with Gasteiger partial charge in [-0.05, 0) is 55.9 Å². The monoisotopic (exact) mass is 516 g/mol. The minimum atomic E-state index is -0.317. The van der Waals surface area contributed by atoms with Crippen LogP contribution in [-0.4, -0.2) is 93.0 Å². The molecule has 9 heteroatoms. The highest BCUT2D eigenvalue weighted by molar-refractivity contribution is 6.12. The van der Waals surface area contributed by atoms with Crippen molar-refractivity contribution in [3.8, 4) is 0 Å². The number of allylic oxidation sites excluding steroid dienone is 1. The van der Waals surface area contributed by atoms with Crippen molar-refractivity contribution < 1.29 is 23.9 Å². The second kappa shape index (κ2) is 11.1. The molecule has 206 valence electrons. The summed E-state index contributed by atoms with van der Waals surface area (Å²) in [4.78, 5) is 46.6. The van der Waals surface area contributed by atoms with E-state index >= 15 is 0 Å². The molecule has 1 N–H and O–H groups in total. The molecule has 4 aliphatic rings. The lowest BCUT2D eigenvalue weighted by Gasteiger charge is -2.37. The average Bonchev–Trinajstić information content (AvgIpc) is 3.14. The van der Waals surface area contributed by atoms with Crippen molar-refractivity contribution >= 4 is 23.6 Å². The quantitative estimate of drug-likeness (QED) is 0.547. The molecule has 0 aromatic carbocycles. The number of likely N-dealkylation sites (tertiary alicyclic amines) is 1. The third-order valence-corrected chi connectivity index (χ3v) is 8.41. The first-order chi connectivity index (χ1) is 17.5. The lowest BCUT2D eigenvalue weighted by molar-refractivity contribution is -0.153. The highest BCUT2D eigenvalue weighted by Gasteiger charge is 2.43. The van der Waals surface area contributed by atoms with E-state index in [1.807, 2.05) is 0 Å². The molecular weight excluding hydrogens is 472 g/mol. The molecule has 1 atom stereocenters. The largest absolute Gasteiger partial charge is 0.465 e. The zero-order valence-electron chi connectivity index (χ0n) is 23.2. The first-order valence-electron chi connectivity index (χ1n) is 13.8. The molecular formula is C28H44N4O5. The number of rotatable bonds is 6. The summed E-state index contributed by atoms with van der Waals surface area (Å²) in [5.41, 5.74) is 2.66. The average molecular weight is 517 g/mol. The summed E-state index contributed by atoms with van der Waals surface area (Å²) in [5.74, 6) is -0.337. The normalized spacial score (nSPS) is 24.4. The van der Waals surface area contributed by atoms with Crippen molar-refractivity contribution in [1.82, 2.24) is 15.1 Å². The van der Waals surface area contributed by atoms with E-state index in [9.17, 15) is 14.4 Å². The Labute approximate surface area is 221 Å². The van der Waals surface area contributed by atoms with Crippen molar-refractivity contribution in [2.45, 2.75) is 71.8 Å². The molecule has 1 unspecified atom stereocenters. The van der Waals surface area contributed by atoms with Gasteiger partial charge in [-0.1, -0.05) is 20.8 Å². The van der Waals surface area contributed by atoms with Crippen molar-refractivity contribution in [1.29, 1.82) is 0 Å². The van der Waals surface area contributed by atoms with Crippen LogP contribution in [0.3, 0.4) is 0 Å². The van der Waals surface area contributed by atoms with Gasteiger partial charge in [-0.2, -0.15) is 0 Å². The van der Waals surface area contributed by atoms with E-state index in [0.29, 0.717) is 45.5 Å². The van der Waals surface area contributed by atoms with Crippen LogP contribution in [0.15, 0.2) is 16.1 Å². The maximum Gasteiger partial charge on any atom is 0.319 e. The van der Waals surface area contributed by atoms with Crippen molar-refractivity contribution in [2.75, 3.05) is 53.6 Å². The van der Waals surface area contributed by atoms with E-state index < -0.39 is 0 Å². The van der Waals surface area contributed by atoms with Gasteiger partial charge >= 0.3 is 12.0 Å². The van der Waals surface area contributed by atoms with E-state index in [2.05, 4.69) is 26.1 Å². The van der Waals surface area contributed by atoms with Gasteiger partial charge in [0.15, 0.2) is 0 Å². The number of hydrogen-bond donors (Lipinski definition) is 1. The minimum absolute atomic E-state index is 0.0147. The summed E-state index contributed by atoms with van der Waals surface area (Å²) < 4.78 is 11.5. The fraction of sp³-hybridized carbons (Fsp3) is 0.786. The van der Waals surface area contributed by atoms with Crippen LogP contribution >= 0.6 is 0 Å². The fourth-order valence-corrected chi connectivity index (χ4v) is 6.06. The standard InChI is InChI=1S/C28H44N4O5/c1-6-21-23-20(15-28(17-29-24(23)33)9-13-36-14-10-28)22(30-21)16-27(2,3)18-37-25(34)19-7-11-32(12-8-19)26(35)31(4)5/h19,21H,6-18H2,1-5H3,(H,29,33). The fourth-order valence-electron chi connectivity index (χ4n) is 6.06. The van der Waals surface area contributed by atoms with E-state index in [4.69, 9.17) is 14.5 Å². The van der Waals surface area contributed by atoms with Gasteiger partial charge in [0.1, 0.15) is 0 Å². The summed E-state index contributed by atoms with van der Waals surface area (Å²) in [6.45, 7) is 9.86. The Balaban J connectivity index is 1.38. The van der Waals surface area contributed by atoms with Crippen LogP contribution in [-0.2, 0) is 19.1 Å². The number of carbonyl (C=O) groups is 3. The number of esters is 1. The molecule has 0 radical (unpaired) electrons. The molecule has 4 heterocycles. The predicted octanol–water partition coefficient (Wildman–Crippen LogP) is 3.19. The molecule has 4 rings (SSSR count). The summed E-state index contributed by atoms with van der Waals surface area (Å²) >= 11 is 0. The lowest BCUT2D eigenvalue weighted by Crippen LogP contribution is -2.45. The summed E-state index contributed by atoms with van der Waals surface area (Å²) in [5, 5.41) is 3.19. The second-order valence-corrected chi connectivity index (χ2v) is 12.3. The highest BCUT2D eigenvalue weighted by atomic mass is 16.5. The number of carbonyl (C=O) groups excluding carboxylic acids is 3. The van der Waals surface area contributed by atoms with E-state index in [1.165, 1.54) is 0 Å². The molecule has 0 saturated carbocycles. The molecule has 3 amide bonds. The Hall–Kier alpha value is -2.42. The van der Waals surface area contributed by atoms with Gasteiger partial charge in [-0.25, -0.2) is 4.79 Å². The SMILES string of the molecule is CCC1N=C(CC(C)(C)COC(=O)C2CCN(C(=O)N(C)C)CC2)C2=C1C(=O)NCC1(CCOCC1)C2. The van der Waals surface area contributed by atoms with Crippen molar-refractivity contribution in [2.24, 2.45) is 21.7 Å². The number of nitrogens with one attached hydrogen (secondary N) is 1. The Bertz CT molecular complexity index is 956. The first-order valence-corrected chi connectivity index (χ1v) is 13.8. The highest BCUT2D eigenvalue weighted by Crippen LogP contribution is 2.43. The van der Waals surface area contributed by atoms with E-state index in [0.717, 1.165) is 55.8 Å². The maximum absolute atomic E-state index is 13.1. The third kappa shape index (κ3) is 6.19. The number of nitrogens with zero attached hydrogens (tertiary/aromatic N) is 3. The van der Waals surface area contributed by atoms with Crippen LogP contribution in [0.1, 0.15) is 65.7 Å². The van der Waals surface area contributed by atoms with Crippen LogP contribution in [0, 0.1) is 16.7 Å². The van der Waals surface area contributed by atoms with Crippen LogP contribution in [0.25, 0.3) is 0 Å². The number of hydrogen-bond acceptors (Lipinski definition) is 6. The Morgan fingerprint density at radius 2 is 1.89 bits per heavy atom. The van der Waals surface area contributed by atoms with Crippen molar-refractivity contribution in [3.63, 3.8) is 0 Å². The van der Waals surface area contributed by atoms with Crippen LogP contribution < -0.4 is 5.32 Å². The number of piperidine rings is 1. The maximum atomic E-state index is 13.1. The van der Waals surface area contributed by atoms with Gasteiger partial charge in [-0.15, -0.1) is 0 Å². The van der Waals surface area contributed by atoms with Crippen molar-refractivity contribution in [3.05, 3.63) is 11.1 Å². The summed E-state index contributed by atoms with van der Waals surface area (Å²) in [7, 11) is 3.48. The molecule has 9 nitrogen and oxygen atoms in total. The molecule has 4 aliphatic heterocycles. The van der Waals surface area contributed by atoms with E-state index in [-0.39, 0.29) is 40.7 Å². The Kier molecular flexibility index (Phi) is 8.31. The summed E-state index contributed by atoms with van der Waals surface area (Å²) in [6, 6.07) is -0.118. The van der Waals surface area contributed by atoms with Crippen LogP contribution in [0.5, 0.6) is 0 Å². The topological polar surface area (TPSA) is 101 Å². The molecule has 0 bridgehead atoms. The third-order valence-electron chi connectivity index (χ3n) is 8.41. The number of amides is 3. The second-order valence-electron chi connectivity index (χ2n) is 12.3. The smallest absolute Gasteiger partial charge is 0.319 e. The van der Waals surface area contributed by atoms with Crippen LogP contribution in [0.2, 0.25) is 0 Å². The van der Waals surface area contributed by atoms with Gasteiger partial charge in [0.05, 0.1) is 18.6 Å². The van der Waals surface area contributed by atoms with Gasteiger partial charge < -0.3 is 24.6 Å². The van der Waals surface area contributed by atoms with Gasteiger partial charge in [0.25, 0.3) is 0 Å². The molecule has 37 heavy (non-hydrogen) atoms. The lowest BCUT2D eigenvalue weighted by atomic mass is 9.73. The Morgan fingerprint density at radius 3 is 2.51 bits per heavy atom. The van der Waals surface area contributed by atoms with Gasteiger partial charge in [-0.3, -0.25) is 14.6 Å². The zero-order valence-corrected chi connectivity index (χ0v) is 23.2. The molecule has 0 aromatic heterocycles. The molecule has 0 aromatic rings. The van der Waals surface area contributed by atoms with E-state index in [1.54, 1.807) is 23.9 Å². The Morgan fingerprint density at radius 1 is 1.22 bits per heavy atom.